The predicted molar refractivity (Wildman–Crippen MR) is 132 cm³/mol. The van der Waals surface area contributed by atoms with Crippen molar-refractivity contribution in [2.75, 3.05) is 6.61 Å². The molecular weight excluding hydrogens is 574 g/mol. The van der Waals surface area contributed by atoms with Crippen LogP contribution in [0.3, 0.4) is 0 Å². The quantitative estimate of drug-likeness (QED) is 0.127. The van der Waals surface area contributed by atoms with Crippen LogP contribution in [-0.4, -0.2) is 29.6 Å². The molecule has 0 bridgehead atoms. The first-order valence-corrected chi connectivity index (χ1v) is 11.3. The highest BCUT2D eigenvalue weighted by Crippen LogP contribution is 2.34. The minimum atomic E-state index is -0.692. The first-order valence-electron chi connectivity index (χ1n) is 9.70. The summed E-state index contributed by atoms with van der Waals surface area (Å²) in [6.45, 7) is 1.66. The van der Waals surface area contributed by atoms with E-state index in [4.69, 9.17) is 9.47 Å². The van der Waals surface area contributed by atoms with E-state index in [2.05, 4.69) is 42.4 Å². The highest BCUT2D eigenvalue weighted by Gasteiger charge is 2.13. The van der Waals surface area contributed by atoms with Crippen molar-refractivity contribution in [2.24, 2.45) is 5.10 Å². The number of aryl methyl sites for hydroxylation is 1. The zero-order valence-electron chi connectivity index (χ0n) is 17.7. The van der Waals surface area contributed by atoms with Crippen LogP contribution < -0.4 is 14.9 Å². The Kier molecular flexibility index (Phi) is 8.50. The number of ether oxygens (including phenoxy) is 2. The van der Waals surface area contributed by atoms with Crippen LogP contribution >= 0.6 is 31.9 Å². The Labute approximate surface area is 211 Å². The second-order valence-electron chi connectivity index (χ2n) is 6.87. The fraction of sp³-hybridized carbons (Fsp3) is 0.0870. The summed E-state index contributed by atoms with van der Waals surface area (Å²) in [5.41, 5.74) is 3.82. The fourth-order valence-corrected chi connectivity index (χ4v) is 4.37. The molecule has 0 unspecified atom stereocenters. The third kappa shape index (κ3) is 6.72. The standard InChI is InChI=1S/C23H17Br2N3O6/c1-14-10-18(24)22(19(25)11-14)33-13-21(29)27-26-12-16-4-2-3-5-20(16)34-23(30)15-6-8-17(9-7-15)28(31)32/h2-12H,13H2,1H3,(H,27,29)/b26-12+. The molecule has 1 N–H and O–H groups in total. The van der Waals surface area contributed by atoms with Crippen molar-refractivity contribution in [1.29, 1.82) is 0 Å². The van der Waals surface area contributed by atoms with Gasteiger partial charge in [-0.1, -0.05) is 12.1 Å². The van der Waals surface area contributed by atoms with Gasteiger partial charge in [0.25, 0.3) is 11.6 Å². The van der Waals surface area contributed by atoms with E-state index in [0.29, 0.717) is 20.3 Å². The maximum atomic E-state index is 12.4. The summed E-state index contributed by atoms with van der Waals surface area (Å²) < 4.78 is 12.3. The molecule has 9 nitrogen and oxygen atoms in total. The molecule has 174 valence electrons. The van der Waals surface area contributed by atoms with Crippen LogP contribution in [0.1, 0.15) is 21.5 Å². The van der Waals surface area contributed by atoms with Crippen molar-refractivity contribution in [3.63, 3.8) is 0 Å². The number of hydrogen-bond donors (Lipinski definition) is 1. The number of amides is 1. The topological polar surface area (TPSA) is 120 Å². The lowest BCUT2D eigenvalue weighted by Gasteiger charge is -2.10. The number of carbonyl (C=O) groups is 2. The van der Waals surface area contributed by atoms with Gasteiger partial charge in [-0.25, -0.2) is 10.2 Å². The number of para-hydroxylation sites is 1. The molecule has 11 heteroatoms. The van der Waals surface area contributed by atoms with Crippen LogP contribution in [0.15, 0.2) is 74.7 Å². The highest BCUT2D eigenvalue weighted by atomic mass is 79.9. The normalized spacial score (nSPS) is 10.7. The van der Waals surface area contributed by atoms with Gasteiger partial charge in [0.2, 0.25) is 0 Å². The Morgan fingerprint density at radius 3 is 2.38 bits per heavy atom. The number of nitrogens with zero attached hydrogens (tertiary/aromatic N) is 2. The molecule has 0 aliphatic carbocycles. The minimum absolute atomic E-state index is 0.133. The van der Waals surface area contributed by atoms with E-state index in [-0.39, 0.29) is 23.6 Å². The molecule has 3 aromatic carbocycles. The fourth-order valence-electron chi connectivity index (χ4n) is 2.73. The lowest BCUT2D eigenvalue weighted by Crippen LogP contribution is -2.24. The molecule has 34 heavy (non-hydrogen) atoms. The zero-order chi connectivity index (χ0) is 24.7. The Morgan fingerprint density at radius 2 is 1.74 bits per heavy atom. The number of rotatable bonds is 8. The molecule has 0 aliphatic heterocycles. The van der Waals surface area contributed by atoms with E-state index in [0.717, 1.165) is 5.56 Å². The molecule has 3 rings (SSSR count). The van der Waals surface area contributed by atoms with Gasteiger partial charge in [-0.15, -0.1) is 0 Å². The molecule has 0 saturated carbocycles. The molecule has 1 amide bonds. The van der Waals surface area contributed by atoms with Crippen molar-refractivity contribution in [3.05, 3.63) is 96.4 Å². The number of hydrogen-bond acceptors (Lipinski definition) is 7. The van der Waals surface area contributed by atoms with Gasteiger partial charge in [-0.3, -0.25) is 14.9 Å². The number of nitro groups is 1. The number of esters is 1. The van der Waals surface area contributed by atoms with Crippen molar-refractivity contribution < 1.29 is 24.0 Å². The van der Waals surface area contributed by atoms with Crippen LogP contribution in [0.25, 0.3) is 0 Å². The van der Waals surface area contributed by atoms with Gasteiger partial charge in [-0.2, -0.15) is 5.10 Å². The van der Waals surface area contributed by atoms with Gasteiger partial charge in [0.15, 0.2) is 6.61 Å². The smallest absolute Gasteiger partial charge is 0.343 e. The van der Waals surface area contributed by atoms with Crippen molar-refractivity contribution in [1.82, 2.24) is 5.43 Å². The molecule has 0 radical (unpaired) electrons. The SMILES string of the molecule is Cc1cc(Br)c(OCC(=O)N/N=C/c2ccccc2OC(=O)c2ccc([N+](=O)[O-])cc2)c(Br)c1. The van der Waals surface area contributed by atoms with E-state index < -0.39 is 16.8 Å². The summed E-state index contributed by atoms with van der Waals surface area (Å²) in [4.78, 5) is 34.7. The van der Waals surface area contributed by atoms with Gasteiger partial charge in [0.1, 0.15) is 11.5 Å². The highest BCUT2D eigenvalue weighted by molar-refractivity contribution is 9.11. The van der Waals surface area contributed by atoms with Crippen LogP contribution in [-0.2, 0) is 4.79 Å². The number of non-ortho nitro benzene ring substituents is 1. The number of benzene rings is 3. The Balaban J connectivity index is 1.60. The summed E-state index contributed by atoms with van der Waals surface area (Å²) in [7, 11) is 0. The van der Waals surface area contributed by atoms with Gasteiger partial charge < -0.3 is 9.47 Å². The first-order chi connectivity index (χ1) is 16.2. The monoisotopic (exact) mass is 589 g/mol. The maximum Gasteiger partial charge on any atom is 0.343 e. The van der Waals surface area contributed by atoms with E-state index >= 15 is 0 Å². The zero-order valence-corrected chi connectivity index (χ0v) is 20.8. The predicted octanol–water partition coefficient (Wildman–Crippen LogP) is 5.18. The lowest BCUT2D eigenvalue weighted by atomic mass is 10.2. The molecule has 0 atom stereocenters. The third-order valence-corrected chi connectivity index (χ3v) is 5.50. The van der Waals surface area contributed by atoms with E-state index in [1.807, 2.05) is 19.1 Å². The van der Waals surface area contributed by atoms with Gasteiger partial charge in [0, 0.05) is 17.7 Å². The van der Waals surface area contributed by atoms with E-state index in [1.165, 1.54) is 30.5 Å². The minimum Gasteiger partial charge on any atom is -0.481 e. The maximum absolute atomic E-state index is 12.4. The largest absolute Gasteiger partial charge is 0.481 e. The lowest BCUT2D eigenvalue weighted by molar-refractivity contribution is -0.384. The van der Waals surface area contributed by atoms with Crippen molar-refractivity contribution in [2.45, 2.75) is 6.92 Å². The van der Waals surface area contributed by atoms with Crippen LogP contribution in [0.4, 0.5) is 5.69 Å². The number of nitrogens with one attached hydrogen (secondary N) is 1. The molecule has 0 aromatic heterocycles. The molecule has 3 aromatic rings. The van der Waals surface area contributed by atoms with Crippen LogP contribution in [0.5, 0.6) is 11.5 Å². The number of hydrazone groups is 1. The number of halogens is 2. The number of nitro benzene ring substituents is 1. The van der Waals surface area contributed by atoms with Crippen molar-refractivity contribution >= 4 is 55.6 Å². The summed E-state index contributed by atoms with van der Waals surface area (Å²) in [6, 6.07) is 15.4. The molecule has 0 fully saturated rings. The van der Waals surface area contributed by atoms with E-state index in [1.54, 1.807) is 24.3 Å². The Hall–Kier alpha value is -3.57. The summed E-state index contributed by atoms with van der Waals surface area (Å²) >= 11 is 6.80. The molecule has 0 heterocycles. The summed E-state index contributed by atoms with van der Waals surface area (Å²) in [5, 5.41) is 14.6. The van der Waals surface area contributed by atoms with Gasteiger partial charge in [-0.05, 0) is 80.7 Å². The number of carbonyl (C=O) groups excluding carboxylic acids is 2. The Morgan fingerprint density at radius 1 is 1.09 bits per heavy atom. The molecule has 0 saturated heterocycles. The average Bonchev–Trinajstić information content (AvgIpc) is 2.79. The second-order valence-corrected chi connectivity index (χ2v) is 8.58. The van der Waals surface area contributed by atoms with Gasteiger partial charge >= 0.3 is 5.97 Å². The summed E-state index contributed by atoms with van der Waals surface area (Å²) in [6.07, 6.45) is 1.33. The van der Waals surface area contributed by atoms with E-state index in [9.17, 15) is 19.7 Å². The molecular formula is C23H17Br2N3O6. The Bertz CT molecular complexity index is 1240. The average molecular weight is 591 g/mol. The molecule has 0 spiro atoms. The van der Waals surface area contributed by atoms with Crippen LogP contribution in [0.2, 0.25) is 0 Å². The van der Waals surface area contributed by atoms with Crippen LogP contribution in [0, 0.1) is 17.0 Å². The summed E-state index contributed by atoms with van der Waals surface area (Å²) in [5.74, 6) is -0.487. The third-order valence-electron chi connectivity index (χ3n) is 4.32. The molecule has 0 aliphatic rings. The van der Waals surface area contributed by atoms with Gasteiger partial charge in [0.05, 0.1) is 25.6 Å². The first kappa shape index (κ1) is 25.1. The van der Waals surface area contributed by atoms with Crippen molar-refractivity contribution in [3.8, 4) is 11.5 Å². The second kappa shape index (κ2) is 11.5.